The van der Waals surface area contributed by atoms with E-state index in [9.17, 15) is 8.42 Å². The topological polar surface area (TPSA) is 72.2 Å². The van der Waals surface area contributed by atoms with Gasteiger partial charge in [-0.1, -0.05) is 0 Å². The van der Waals surface area contributed by atoms with Crippen LogP contribution in [0.3, 0.4) is 0 Å². The molecular formula is C11H16Br2N2O2S2. The first-order chi connectivity index (χ1) is 8.59. The predicted molar refractivity (Wildman–Crippen MR) is 89.0 cm³/mol. The average molecular weight is 432 g/mol. The minimum Gasteiger partial charge on any atom is -0.399 e. The Morgan fingerprint density at radius 1 is 1.32 bits per heavy atom. The third-order valence-electron chi connectivity index (χ3n) is 2.53. The van der Waals surface area contributed by atoms with E-state index in [2.05, 4.69) is 36.6 Å². The minimum absolute atomic E-state index is 0.165. The van der Waals surface area contributed by atoms with Gasteiger partial charge in [0.2, 0.25) is 10.0 Å². The molecular weight excluding hydrogens is 416 g/mol. The number of benzene rings is 1. The van der Waals surface area contributed by atoms with Gasteiger partial charge in [-0.15, -0.1) is 0 Å². The smallest absolute Gasteiger partial charge is 0.242 e. The molecule has 0 heterocycles. The molecule has 0 aromatic heterocycles. The summed E-state index contributed by atoms with van der Waals surface area (Å²) in [6.45, 7) is 4.31. The summed E-state index contributed by atoms with van der Waals surface area (Å²) in [6, 6.07) is 3.14. The third-order valence-corrected chi connectivity index (χ3v) is 7.06. The summed E-state index contributed by atoms with van der Waals surface area (Å²) in [6.07, 6.45) is 1.95. The van der Waals surface area contributed by atoms with Crippen LogP contribution in [0.25, 0.3) is 0 Å². The molecule has 0 aliphatic rings. The second kappa shape index (κ2) is 6.34. The maximum Gasteiger partial charge on any atom is 0.242 e. The van der Waals surface area contributed by atoms with Gasteiger partial charge in [0.1, 0.15) is 4.90 Å². The molecule has 3 N–H and O–H groups in total. The van der Waals surface area contributed by atoms with E-state index in [1.807, 2.05) is 20.1 Å². The summed E-state index contributed by atoms with van der Waals surface area (Å²) in [7, 11) is -3.59. The van der Waals surface area contributed by atoms with Gasteiger partial charge >= 0.3 is 0 Å². The highest BCUT2D eigenvalue weighted by Gasteiger charge is 2.25. The Hall–Kier alpha value is 0.240. The molecule has 0 bridgehead atoms. The number of rotatable bonds is 5. The first kappa shape index (κ1) is 17.3. The Morgan fingerprint density at radius 3 is 2.21 bits per heavy atom. The van der Waals surface area contributed by atoms with Crippen molar-refractivity contribution in [2.75, 3.05) is 18.5 Å². The van der Waals surface area contributed by atoms with Crippen molar-refractivity contribution < 1.29 is 8.42 Å². The molecule has 8 heteroatoms. The highest BCUT2D eigenvalue weighted by atomic mass is 79.9. The largest absolute Gasteiger partial charge is 0.399 e. The fourth-order valence-electron chi connectivity index (χ4n) is 1.25. The summed E-state index contributed by atoms with van der Waals surface area (Å²) < 4.78 is 28.0. The fraction of sp³-hybridized carbons (Fsp3) is 0.455. The van der Waals surface area contributed by atoms with E-state index < -0.39 is 10.0 Å². The molecule has 19 heavy (non-hydrogen) atoms. The zero-order valence-corrected chi connectivity index (χ0v) is 15.6. The number of anilines is 1. The number of thioether (sulfide) groups is 1. The normalized spacial score (nSPS) is 12.7. The molecule has 0 fully saturated rings. The molecule has 0 radical (unpaired) electrons. The fourth-order valence-corrected chi connectivity index (χ4v) is 5.38. The number of nitrogens with two attached hydrogens (primary N) is 1. The summed E-state index contributed by atoms with van der Waals surface area (Å²) in [4.78, 5) is 0.165. The van der Waals surface area contributed by atoms with Crippen molar-refractivity contribution in [1.29, 1.82) is 0 Å². The first-order valence-corrected chi connectivity index (χ1v) is 9.68. The van der Waals surface area contributed by atoms with Crippen LogP contribution in [0.1, 0.15) is 13.8 Å². The van der Waals surface area contributed by atoms with Crippen molar-refractivity contribution in [3.8, 4) is 0 Å². The molecule has 1 rings (SSSR count). The Bertz CT molecular complexity index is 551. The first-order valence-electron chi connectivity index (χ1n) is 5.38. The lowest BCUT2D eigenvalue weighted by atomic mass is 10.2. The van der Waals surface area contributed by atoms with Crippen molar-refractivity contribution >= 4 is 59.3 Å². The molecule has 0 spiro atoms. The van der Waals surface area contributed by atoms with Gasteiger partial charge in [-0.2, -0.15) is 11.8 Å². The van der Waals surface area contributed by atoms with Crippen LogP contribution in [0.15, 0.2) is 26.0 Å². The van der Waals surface area contributed by atoms with Crippen LogP contribution < -0.4 is 10.5 Å². The summed E-state index contributed by atoms with van der Waals surface area (Å²) in [5, 5.41) is 0. The number of nitrogen functional groups attached to an aromatic ring is 1. The van der Waals surface area contributed by atoms with E-state index in [0.717, 1.165) is 0 Å². The number of sulfonamides is 1. The lowest BCUT2D eigenvalue weighted by Gasteiger charge is -2.22. The zero-order chi connectivity index (χ0) is 14.8. The van der Waals surface area contributed by atoms with Crippen LogP contribution in [0.5, 0.6) is 0 Å². The van der Waals surface area contributed by atoms with Crippen LogP contribution >= 0.6 is 43.6 Å². The predicted octanol–water partition coefficient (Wildman–Crippen LogP) is 3.21. The van der Waals surface area contributed by atoms with Crippen molar-refractivity contribution in [2.24, 2.45) is 0 Å². The Labute approximate surface area is 135 Å². The Balaban J connectivity index is 3.09. The SMILES string of the molecule is CSC(C)(C)CNS(=O)(=O)c1c(Br)cc(N)cc1Br. The van der Waals surface area contributed by atoms with Gasteiger partial charge in [-0.05, 0) is 64.1 Å². The molecule has 4 nitrogen and oxygen atoms in total. The molecule has 0 saturated heterocycles. The monoisotopic (exact) mass is 430 g/mol. The molecule has 1 aromatic carbocycles. The Morgan fingerprint density at radius 2 is 1.79 bits per heavy atom. The van der Waals surface area contributed by atoms with Crippen LogP contribution in [-0.2, 0) is 10.0 Å². The molecule has 0 saturated carbocycles. The van der Waals surface area contributed by atoms with Crippen molar-refractivity contribution in [3.63, 3.8) is 0 Å². The maximum absolute atomic E-state index is 12.3. The highest BCUT2D eigenvalue weighted by Crippen LogP contribution is 2.32. The minimum atomic E-state index is -3.59. The second-order valence-corrected chi connectivity index (χ2v) is 9.53. The number of halogens is 2. The van der Waals surface area contributed by atoms with Crippen molar-refractivity contribution in [2.45, 2.75) is 23.5 Å². The molecule has 0 atom stereocenters. The highest BCUT2D eigenvalue weighted by molar-refractivity contribution is 9.11. The molecule has 0 amide bonds. The third kappa shape index (κ3) is 4.63. The average Bonchev–Trinajstić information content (AvgIpc) is 2.25. The lowest BCUT2D eigenvalue weighted by molar-refractivity contribution is 0.570. The van der Waals surface area contributed by atoms with Gasteiger partial charge < -0.3 is 5.73 Å². The molecule has 0 aliphatic heterocycles. The van der Waals surface area contributed by atoms with Crippen LogP contribution in [0.4, 0.5) is 5.69 Å². The van der Waals surface area contributed by atoms with E-state index in [0.29, 0.717) is 21.2 Å². The van der Waals surface area contributed by atoms with Gasteiger partial charge in [0, 0.05) is 25.9 Å². The van der Waals surface area contributed by atoms with Crippen LogP contribution in [0.2, 0.25) is 0 Å². The number of nitrogens with one attached hydrogen (secondary N) is 1. The zero-order valence-electron chi connectivity index (χ0n) is 10.8. The van der Waals surface area contributed by atoms with E-state index in [1.54, 1.807) is 23.9 Å². The van der Waals surface area contributed by atoms with E-state index >= 15 is 0 Å². The quantitative estimate of drug-likeness (QED) is 0.702. The molecule has 0 unspecified atom stereocenters. The van der Waals surface area contributed by atoms with Crippen LogP contribution in [0, 0.1) is 0 Å². The van der Waals surface area contributed by atoms with E-state index in [4.69, 9.17) is 5.73 Å². The maximum atomic E-state index is 12.3. The van der Waals surface area contributed by atoms with Gasteiger partial charge in [0.25, 0.3) is 0 Å². The van der Waals surface area contributed by atoms with Gasteiger partial charge in [0.05, 0.1) is 0 Å². The van der Waals surface area contributed by atoms with E-state index in [-0.39, 0.29) is 9.64 Å². The van der Waals surface area contributed by atoms with Crippen molar-refractivity contribution in [3.05, 3.63) is 21.1 Å². The molecule has 108 valence electrons. The summed E-state index contributed by atoms with van der Waals surface area (Å²) in [5.41, 5.74) is 6.15. The second-order valence-electron chi connectivity index (χ2n) is 4.60. The molecule has 1 aromatic rings. The lowest BCUT2D eigenvalue weighted by Crippen LogP contribution is -2.36. The van der Waals surface area contributed by atoms with Crippen LogP contribution in [-0.4, -0.2) is 26.0 Å². The number of hydrogen-bond acceptors (Lipinski definition) is 4. The number of hydrogen-bond donors (Lipinski definition) is 2. The van der Waals surface area contributed by atoms with Crippen molar-refractivity contribution in [1.82, 2.24) is 4.72 Å². The van der Waals surface area contributed by atoms with Gasteiger partial charge in [-0.3, -0.25) is 0 Å². The standard InChI is InChI=1S/C11H16Br2N2O2S2/c1-11(2,18-3)6-15-19(16,17)10-8(12)4-7(14)5-9(10)13/h4-5,15H,6,14H2,1-3H3. The summed E-state index contributed by atoms with van der Waals surface area (Å²) >= 11 is 8.08. The summed E-state index contributed by atoms with van der Waals surface area (Å²) in [5.74, 6) is 0. The van der Waals surface area contributed by atoms with Gasteiger partial charge in [-0.25, -0.2) is 13.1 Å². The van der Waals surface area contributed by atoms with E-state index in [1.165, 1.54) is 0 Å². The molecule has 0 aliphatic carbocycles. The van der Waals surface area contributed by atoms with Gasteiger partial charge in [0.15, 0.2) is 0 Å². The Kier molecular flexibility index (Phi) is 5.77.